The second kappa shape index (κ2) is 10.2. The number of benzene rings is 1. The predicted octanol–water partition coefficient (Wildman–Crippen LogP) is -0.106. The van der Waals surface area contributed by atoms with Crippen LogP contribution in [0.4, 0.5) is 9.18 Å². The van der Waals surface area contributed by atoms with Crippen LogP contribution >= 0.6 is 0 Å². The fourth-order valence-corrected chi connectivity index (χ4v) is 6.24. The molecule has 0 aliphatic carbocycles. The number of hydrogen-bond donors (Lipinski definition) is 1. The summed E-state index contributed by atoms with van der Waals surface area (Å²) in [5.41, 5.74) is 0. The van der Waals surface area contributed by atoms with E-state index in [-0.39, 0.29) is 36.8 Å². The molecule has 0 aromatic heterocycles. The van der Waals surface area contributed by atoms with E-state index in [9.17, 15) is 26.0 Å². The highest BCUT2D eigenvalue weighted by atomic mass is 32.2. The molecule has 174 valence electrons. The van der Waals surface area contributed by atoms with Gasteiger partial charge in [0.2, 0.25) is 20.0 Å². The number of carbonyl (C=O) groups is 1. The molecule has 0 spiro atoms. The van der Waals surface area contributed by atoms with Crippen LogP contribution in [0.25, 0.3) is 0 Å². The van der Waals surface area contributed by atoms with Crippen LogP contribution in [-0.4, -0.2) is 101 Å². The van der Waals surface area contributed by atoms with Gasteiger partial charge in [0.05, 0.1) is 23.9 Å². The van der Waals surface area contributed by atoms with E-state index in [0.29, 0.717) is 39.3 Å². The lowest BCUT2D eigenvalue weighted by atomic mass is 10.4. The summed E-state index contributed by atoms with van der Waals surface area (Å²) in [6.45, 7) is 2.13. The summed E-state index contributed by atoms with van der Waals surface area (Å²) in [7, 11) is -7.26. The monoisotopic (exact) mass is 478 g/mol. The molecule has 2 saturated heterocycles. The predicted molar refractivity (Wildman–Crippen MR) is 111 cm³/mol. The summed E-state index contributed by atoms with van der Waals surface area (Å²) in [5.74, 6) is -0.731. The molecule has 1 N–H and O–H groups in total. The van der Waals surface area contributed by atoms with Gasteiger partial charge in [-0.2, -0.15) is 8.61 Å². The first kappa shape index (κ1) is 23.9. The second-order valence-electron chi connectivity index (χ2n) is 7.26. The topological polar surface area (TPSA) is 116 Å². The van der Waals surface area contributed by atoms with Crippen LogP contribution in [0, 0.1) is 5.82 Å². The van der Waals surface area contributed by atoms with Crippen molar-refractivity contribution in [2.75, 3.05) is 64.8 Å². The molecule has 2 amide bonds. The zero-order valence-corrected chi connectivity index (χ0v) is 18.7. The van der Waals surface area contributed by atoms with E-state index in [1.807, 2.05) is 0 Å². The van der Waals surface area contributed by atoms with Crippen molar-refractivity contribution < 1.29 is 30.8 Å². The van der Waals surface area contributed by atoms with Crippen LogP contribution in [0.2, 0.25) is 0 Å². The fourth-order valence-electron chi connectivity index (χ4n) is 3.45. The van der Waals surface area contributed by atoms with E-state index < -0.39 is 31.9 Å². The standard InChI is InChI=1S/C18H27FN4O6S2/c19-16-2-4-17(5-3-16)31(27,28)23-8-1-7-21(9-10-23)18(24)20-6-15-30(25,26)22-11-13-29-14-12-22/h2-5H,1,6-15H2,(H,20,24). The fraction of sp³-hybridized carbons (Fsp3) is 0.611. The number of hydrogen-bond acceptors (Lipinski definition) is 6. The first-order chi connectivity index (χ1) is 14.7. The van der Waals surface area contributed by atoms with Gasteiger partial charge in [0.25, 0.3) is 0 Å². The maximum Gasteiger partial charge on any atom is 0.317 e. The van der Waals surface area contributed by atoms with E-state index >= 15 is 0 Å². The van der Waals surface area contributed by atoms with Gasteiger partial charge in [-0.15, -0.1) is 0 Å². The zero-order chi connectivity index (χ0) is 22.5. The van der Waals surface area contributed by atoms with E-state index in [4.69, 9.17) is 4.74 Å². The first-order valence-electron chi connectivity index (χ1n) is 10.0. The van der Waals surface area contributed by atoms with Gasteiger partial charge in [-0.1, -0.05) is 0 Å². The van der Waals surface area contributed by atoms with Crippen molar-refractivity contribution in [2.24, 2.45) is 0 Å². The molecule has 31 heavy (non-hydrogen) atoms. The Balaban J connectivity index is 1.50. The van der Waals surface area contributed by atoms with Gasteiger partial charge >= 0.3 is 6.03 Å². The number of nitrogens with one attached hydrogen (secondary N) is 1. The van der Waals surface area contributed by atoms with Crippen LogP contribution in [0.3, 0.4) is 0 Å². The molecule has 0 unspecified atom stereocenters. The van der Waals surface area contributed by atoms with Crippen molar-refractivity contribution >= 4 is 26.1 Å². The Morgan fingerprint density at radius 2 is 1.61 bits per heavy atom. The smallest absolute Gasteiger partial charge is 0.317 e. The number of morpholine rings is 1. The van der Waals surface area contributed by atoms with Gasteiger partial charge < -0.3 is 15.0 Å². The molecule has 0 radical (unpaired) electrons. The maximum atomic E-state index is 13.1. The van der Waals surface area contributed by atoms with Crippen molar-refractivity contribution in [3.63, 3.8) is 0 Å². The van der Waals surface area contributed by atoms with Gasteiger partial charge in [0.1, 0.15) is 5.82 Å². The zero-order valence-electron chi connectivity index (χ0n) is 17.1. The Morgan fingerprint density at radius 1 is 0.935 bits per heavy atom. The lowest BCUT2D eigenvalue weighted by Crippen LogP contribution is -2.46. The van der Waals surface area contributed by atoms with Crippen molar-refractivity contribution in [3.8, 4) is 0 Å². The Bertz CT molecular complexity index is 965. The number of amides is 2. The molecule has 2 aliphatic heterocycles. The van der Waals surface area contributed by atoms with Crippen molar-refractivity contribution in [3.05, 3.63) is 30.1 Å². The third kappa shape index (κ3) is 6.13. The summed E-state index contributed by atoms with van der Waals surface area (Å²) in [5, 5.41) is 2.61. The maximum absolute atomic E-state index is 13.1. The Hall–Kier alpha value is -1.80. The van der Waals surface area contributed by atoms with Crippen LogP contribution in [0.5, 0.6) is 0 Å². The van der Waals surface area contributed by atoms with Crippen molar-refractivity contribution in [2.45, 2.75) is 11.3 Å². The molecule has 1 aromatic rings. The average molecular weight is 479 g/mol. The first-order valence-corrected chi connectivity index (χ1v) is 13.1. The molecular formula is C18H27FN4O6S2. The van der Waals surface area contributed by atoms with Crippen molar-refractivity contribution in [1.82, 2.24) is 18.8 Å². The minimum absolute atomic E-state index is 0.000112. The minimum atomic E-state index is -3.79. The summed E-state index contributed by atoms with van der Waals surface area (Å²) >= 11 is 0. The van der Waals surface area contributed by atoms with E-state index in [1.165, 1.54) is 25.6 Å². The Morgan fingerprint density at radius 3 is 2.29 bits per heavy atom. The SMILES string of the molecule is O=C(NCCS(=O)(=O)N1CCOCC1)N1CCCN(S(=O)(=O)c2ccc(F)cc2)CC1. The quantitative estimate of drug-likeness (QED) is 0.610. The summed E-state index contributed by atoms with van der Waals surface area (Å²) in [6, 6.07) is 4.19. The van der Waals surface area contributed by atoms with Gasteiger partial charge in [-0.25, -0.2) is 26.0 Å². The molecule has 13 heteroatoms. The Labute approximate surface area is 182 Å². The van der Waals surface area contributed by atoms with Gasteiger partial charge in [0, 0.05) is 45.8 Å². The van der Waals surface area contributed by atoms with Crippen LogP contribution < -0.4 is 5.32 Å². The van der Waals surface area contributed by atoms with Crippen LogP contribution in [0.15, 0.2) is 29.2 Å². The van der Waals surface area contributed by atoms with E-state index in [0.717, 1.165) is 12.1 Å². The molecule has 3 rings (SSSR count). The minimum Gasteiger partial charge on any atom is -0.379 e. The molecule has 2 aliphatic rings. The van der Waals surface area contributed by atoms with Crippen LogP contribution in [0.1, 0.15) is 6.42 Å². The third-order valence-electron chi connectivity index (χ3n) is 5.19. The number of nitrogens with zero attached hydrogens (tertiary/aromatic N) is 3. The molecule has 2 heterocycles. The van der Waals surface area contributed by atoms with Crippen LogP contribution in [-0.2, 0) is 24.8 Å². The molecule has 0 atom stereocenters. The third-order valence-corrected chi connectivity index (χ3v) is 8.98. The second-order valence-corrected chi connectivity index (χ2v) is 11.3. The number of urea groups is 1. The largest absolute Gasteiger partial charge is 0.379 e. The molecule has 1 aromatic carbocycles. The summed E-state index contributed by atoms with van der Waals surface area (Å²) in [6.07, 6.45) is 0.430. The number of halogens is 1. The number of ether oxygens (including phenoxy) is 1. The van der Waals surface area contributed by atoms with Gasteiger partial charge in [-0.3, -0.25) is 0 Å². The molecular weight excluding hydrogens is 451 g/mol. The Kier molecular flexibility index (Phi) is 7.86. The number of sulfonamides is 2. The molecule has 10 nitrogen and oxygen atoms in total. The van der Waals surface area contributed by atoms with E-state index in [2.05, 4.69) is 5.32 Å². The molecule has 2 fully saturated rings. The van der Waals surface area contributed by atoms with Gasteiger partial charge in [-0.05, 0) is 30.7 Å². The summed E-state index contributed by atoms with van der Waals surface area (Å²) < 4.78 is 71.0. The molecule has 0 bridgehead atoms. The number of carbonyl (C=O) groups excluding carboxylic acids is 1. The lowest BCUT2D eigenvalue weighted by Gasteiger charge is -2.26. The summed E-state index contributed by atoms with van der Waals surface area (Å²) in [4.78, 5) is 13.9. The lowest BCUT2D eigenvalue weighted by molar-refractivity contribution is 0.0730. The van der Waals surface area contributed by atoms with Crippen molar-refractivity contribution in [1.29, 1.82) is 0 Å². The highest BCUT2D eigenvalue weighted by Crippen LogP contribution is 2.18. The highest BCUT2D eigenvalue weighted by Gasteiger charge is 2.29. The average Bonchev–Trinajstić information content (AvgIpc) is 3.01. The highest BCUT2D eigenvalue weighted by molar-refractivity contribution is 7.89. The van der Waals surface area contributed by atoms with Gasteiger partial charge in [0.15, 0.2) is 0 Å². The molecule has 0 saturated carbocycles. The normalized spacial score (nSPS) is 19.7. The van der Waals surface area contributed by atoms with E-state index in [1.54, 1.807) is 0 Å². The number of rotatable bonds is 6.